The van der Waals surface area contributed by atoms with Crippen molar-refractivity contribution in [1.82, 2.24) is 0 Å². The van der Waals surface area contributed by atoms with E-state index in [4.69, 9.17) is 14.2 Å². The summed E-state index contributed by atoms with van der Waals surface area (Å²) in [7, 11) is 0. The molecule has 0 bridgehead atoms. The fourth-order valence-corrected chi connectivity index (χ4v) is 6.61. The van der Waals surface area contributed by atoms with Crippen molar-refractivity contribution in [2.45, 2.75) is 239 Å². The molecule has 0 aromatic heterocycles. The first kappa shape index (κ1) is 56.9. The van der Waals surface area contributed by atoms with E-state index in [1.165, 1.54) is 64.2 Å². The smallest absolute Gasteiger partial charge is 0.306 e. The van der Waals surface area contributed by atoms with Gasteiger partial charge in [0.2, 0.25) is 0 Å². The molecule has 0 N–H and O–H groups in total. The maximum absolute atomic E-state index is 12.7. The molecule has 0 aliphatic rings. The van der Waals surface area contributed by atoms with Crippen LogP contribution in [0.15, 0.2) is 72.9 Å². The third-order valence-electron chi connectivity index (χ3n) is 10.4. The molecule has 0 saturated carbocycles. The molecule has 6 heteroatoms. The van der Waals surface area contributed by atoms with Gasteiger partial charge in [0.05, 0.1) is 0 Å². The van der Waals surface area contributed by atoms with E-state index >= 15 is 0 Å². The second kappa shape index (κ2) is 48.5. The number of unbranched alkanes of at least 4 members (excludes halogenated alkanes) is 21. The Morgan fingerprint density at radius 3 is 1.03 bits per heavy atom. The van der Waals surface area contributed by atoms with Crippen LogP contribution in [0.25, 0.3) is 0 Å². The highest BCUT2D eigenvalue weighted by atomic mass is 16.6. The van der Waals surface area contributed by atoms with Crippen LogP contribution in [0.1, 0.15) is 233 Å². The van der Waals surface area contributed by atoms with Crippen LogP contribution >= 0.6 is 0 Å². The van der Waals surface area contributed by atoms with E-state index in [0.717, 1.165) is 128 Å². The molecule has 0 aromatic rings. The van der Waals surface area contributed by atoms with Gasteiger partial charge in [0, 0.05) is 19.3 Å². The first-order chi connectivity index (χ1) is 29.5. The van der Waals surface area contributed by atoms with Gasteiger partial charge < -0.3 is 14.2 Å². The quantitative estimate of drug-likeness (QED) is 0.0263. The Labute approximate surface area is 370 Å². The number of esters is 3. The zero-order chi connectivity index (χ0) is 43.7. The van der Waals surface area contributed by atoms with Crippen molar-refractivity contribution in [1.29, 1.82) is 0 Å². The van der Waals surface area contributed by atoms with E-state index in [9.17, 15) is 14.4 Å². The molecule has 1 unspecified atom stereocenters. The second-order valence-electron chi connectivity index (χ2n) is 16.4. The average molecular weight is 837 g/mol. The largest absolute Gasteiger partial charge is 0.462 e. The van der Waals surface area contributed by atoms with E-state index in [0.29, 0.717) is 19.3 Å². The Kier molecular flexibility index (Phi) is 46.0. The van der Waals surface area contributed by atoms with Crippen LogP contribution in [0.3, 0.4) is 0 Å². The van der Waals surface area contributed by atoms with E-state index in [2.05, 4.69) is 93.7 Å². The summed E-state index contributed by atoms with van der Waals surface area (Å²) in [6.07, 6.45) is 60.3. The van der Waals surface area contributed by atoms with Crippen molar-refractivity contribution in [2.24, 2.45) is 0 Å². The first-order valence-corrected chi connectivity index (χ1v) is 24.9. The van der Waals surface area contributed by atoms with Gasteiger partial charge >= 0.3 is 17.9 Å². The van der Waals surface area contributed by atoms with Crippen molar-refractivity contribution in [3.8, 4) is 0 Å². The van der Waals surface area contributed by atoms with Crippen molar-refractivity contribution < 1.29 is 28.6 Å². The molecule has 1 atom stereocenters. The van der Waals surface area contributed by atoms with Crippen molar-refractivity contribution in [2.75, 3.05) is 13.2 Å². The van der Waals surface area contributed by atoms with Gasteiger partial charge in [-0.2, -0.15) is 0 Å². The molecular formula is C54H92O6. The molecule has 60 heavy (non-hydrogen) atoms. The third-order valence-corrected chi connectivity index (χ3v) is 10.4. The molecule has 0 heterocycles. The van der Waals surface area contributed by atoms with E-state index in [1.54, 1.807) is 0 Å². The minimum Gasteiger partial charge on any atom is -0.462 e. The topological polar surface area (TPSA) is 78.9 Å². The van der Waals surface area contributed by atoms with Crippen LogP contribution in [0.5, 0.6) is 0 Å². The molecule has 0 radical (unpaired) electrons. The maximum atomic E-state index is 12.7. The lowest BCUT2D eigenvalue weighted by molar-refractivity contribution is -0.167. The summed E-state index contributed by atoms with van der Waals surface area (Å²) < 4.78 is 16.7. The van der Waals surface area contributed by atoms with Gasteiger partial charge in [-0.25, -0.2) is 0 Å². The molecule has 0 amide bonds. The van der Waals surface area contributed by atoms with Crippen LogP contribution in [0, 0.1) is 0 Å². The van der Waals surface area contributed by atoms with E-state index < -0.39 is 6.10 Å². The number of hydrogen-bond donors (Lipinski definition) is 0. The fraction of sp³-hybridized carbons (Fsp3) is 0.722. The lowest BCUT2D eigenvalue weighted by atomic mass is 10.1. The molecular weight excluding hydrogens is 745 g/mol. The van der Waals surface area contributed by atoms with Crippen LogP contribution in [0.2, 0.25) is 0 Å². The van der Waals surface area contributed by atoms with Crippen molar-refractivity contribution in [3.63, 3.8) is 0 Å². The second-order valence-corrected chi connectivity index (χ2v) is 16.4. The number of hydrogen-bond acceptors (Lipinski definition) is 6. The van der Waals surface area contributed by atoms with Crippen molar-refractivity contribution >= 4 is 17.9 Å². The maximum Gasteiger partial charge on any atom is 0.306 e. The molecule has 344 valence electrons. The molecule has 0 spiro atoms. The SMILES string of the molecule is CCC/C=C\C/C=C\CCCCCCCC(=O)OC(COC(=O)CCCCCCC/C=C\CCC)COC(=O)CCCCCCCC/C=C\C/C=C\C/C=C\CCCCC. The van der Waals surface area contributed by atoms with Crippen LogP contribution in [-0.4, -0.2) is 37.2 Å². The highest BCUT2D eigenvalue weighted by Gasteiger charge is 2.19. The highest BCUT2D eigenvalue weighted by molar-refractivity contribution is 5.71. The Balaban J connectivity index is 4.38. The van der Waals surface area contributed by atoms with E-state index in [1.807, 2.05) is 0 Å². The minimum atomic E-state index is -0.790. The molecule has 0 fully saturated rings. The zero-order valence-electron chi connectivity index (χ0n) is 39.2. The van der Waals surface area contributed by atoms with Crippen LogP contribution in [0.4, 0.5) is 0 Å². The summed E-state index contributed by atoms with van der Waals surface area (Å²) in [5.41, 5.74) is 0. The van der Waals surface area contributed by atoms with Gasteiger partial charge in [-0.05, 0) is 103 Å². The number of ether oxygens (including phenoxy) is 3. The molecule has 0 saturated heterocycles. The van der Waals surface area contributed by atoms with Gasteiger partial charge in [-0.3, -0.25) is 14.4 Å². The summed E-state index contributed by atoms with van der Waals surface area (Å²) in [6, 6.07) is 0. The van der Waals surface area contributed by atoms with E-state index in [-0.39, 0.29) is 31.1 Å². The molecule has 0 rings (SSSR count). The Morgan fingerprint density at radius 2 is 0.633 bits per heavy atom. The molecule has 0 aliphatic heterocycles. The lowest BCUT2D eigenvalue weighted by Crippen LogP contribution is -2.30. The number of carbonyl (C=O) groups excluding carboxylic acids is 3. The summed E-state index contributed by atoms with van der Waals surface area (Å²) >= 11 is 0. The number of carbonyl (C=O) groups is 3. The van der Waals surface area contributed by atoms with Crippen LogP contribution < -0.4 is 0 Å². The predicted octanol–water partition coefficient (Wildman–Crippen LogP) is 16.3. The minimum absolute atomic E-state index is 0.0907. The number of allylic oxidation sites excluding steroid dienone is 12. The number of rotatable bonds is 44. The Bertz CT molecular complexity index is 1140. The highest BCUT2D eigenvalue weighted by Crippen LogP contribution is 2.13. The lowest BCUT2D eigenvalue weighted by Gasteiger charge is -2.18. The average Bonchev–Trinajstić information content (AvgIpc) is 3.24. The fourth-order valence-electron chi connectivity index (χ4n) is 6.61. The van der Waals surface area contributed by atoms with Gasteiger partial charge in [0.15, 0.2) is 6.10 Å². The Hall–Kier alpha value is -3.15. The van der Waals surface area contributed by atoms with Gasteiger partial charge in [0.25, 0.3) is 0 Å². The summed E-state index contributed by atoms with van der Waals surface area (Å²) in [5.74, 6) is -0.930. The van der Waals surface area contributed by atoms with Crippen molar-refractivity contribution in [3.05, 3.63) is 72.9 Å². The third kappa shape index (κ3) is 45.9. The van der Waals surface area contributed by atoms with Gasteiger partial charge in [-0.1, -0.05) is 184 Å². The van der Waals surface area contributed by atoms with Gasteiger partial charge in [-0.15, -0.1) is 0 Å². The Morgan fingerprint density at radius 1 is 0.333 bits per heavy atom. The normalized spacial score (nSPS) is 12.7. The van der Waals surface area contributed by atoms with Gasteiger partial charge in [0.1, 0.15) is 13.2 Å². The molecule has 0 aliphatic carbocycles. The summed E-state index contributed by atoms with van der Waals surface area (Å²) in [6.45, 7) is 6.44. The van der Waals surface area contributed by atoms with Crippen LogP contribution in [-0.2, 0) is 28.6 Å². The predicted molar refractivity (Wildman–Crippen MR) is 256 cm³/mol. The summed E-state index contributed by atoms with van der Waals surface area (Å²) in [4.78, 5) is 37.8. The zero-order valence-corrected chi connectivity index (χ0v) is 39.2. The molecule has 0 aromatic carbocycles. The molecule has 6 nitrogen and oxygen atoms in total. The monoisotopic (exact) mass is 837 g/mol. The summed E-state index contributed by atoms with van der Waals surface area (Å²) in [5, 5.41) is 0. The standard InChI is InChI=1S/C54H92O6/c1-4-7-10-13-16-19-22-24-25-26-27-28-29-31-32-35-38-41-44-47-53(56)59-50-51(49-58-52(55)46-43-40-37-34-21-18-15-12-9-6-3)60-54(57)48-45-42-39-36-33-30-23-20-17-14-11-8-5-2/h11-12,14-16,19-20,23-25,27-28,51H,4-10,13,17-18,21-22,26,29-50H2,1-3H3/b14-11-,15-12-,19-16-,23-20-,25-24-,28-27-. The first-order valence-electron chi connectivity index (χ1n) is 24.9.